The fraction of sp³-hybridized carbons (Fsp3) is 0.500. The van der Waals surface area contributed by atoms with E-state index >= 15 is 0 Å². The minimum Gasteiger partial charge on any atom is -0.382 e. The molecule has 1 heterocycles. The molecule has 3 rings (SSSR count). The number of carbonyl (C=O) groups is 1. The third kappa shape index (κ3) is 6.20. The maximum atomic E-state index is 13.9. The number of sulfonamides is 1. The molecule has 0 bridgehead atoms. The number of nitrogens with two attached hydrogens (primary N) is 1. The van der Waals surface area contributed by atoms with Crippen LogP contribution in [0.5, 0.6) is 0 Å². The summed E-state index contributed by atoms with van der Waals surface area (Å²) < 4.78 is 54.4. The highest BCUT2D eigenvalue weighted by Crippen LogP contribution is 2.31. The summed E-state index contributed by atoms with van der Waals surface area (Å²) >= 11 is 0.991. The first-order chi connectivity index (χ1) is 14.5. The zero-order chi connectivity index (χ0) is 22.8. The Kier molecular flexibility index (Phi) is 7.28. The Balaban J connectivity index is 1.60. The Labute approximate surface area is 184 Å². The number of aromatic nitrogens is 1. The molecule has 0 saturated heterocycles. The van der Waals surface area contributed by atoms with E-state index in [4.69, 9.17) is 5.73 Å². The average Bonchev–Trinajstić information content (AvgIpc) is 3.03. The van der Waals surface area contributed by atoms with Crippen molar-refractivity contribution in [1.29, 1.82) is 0 Å². The second-order valence-corrected chi connectivity index (χ2v) is 11.0. The molecule has 1 aliphatic rings. The van der Waals surface area contributed by atoms with Crippen molar-refractivity contribution in [3.63, 3.8) is 0 Å². The van der Waals surface area contributed by atoms with Crippen LogP contribution in [0, 0.1) is 17.6 Å². The monoisotopic (exact) mass is 472 g/mol. The van der Waals surface area contributed by atoms with Gasteiger partial charge >= 0.3 is 0 Å². The van der Waals surface area contributed by atoms with E-state index in [0.717, 1.165) is 42.4 Å². The number of rotatable bonds is 8. The highest BCUT2D eigenvalue weighted by atomic mass is 32.2. The third-order valence-corrected chi connectivity index (χ3v) is 7.79. The van der Waals surface area contributed by atoms with Crippen molar-refractivity contribution in [3.8, 4) is 0 Å². The summed E-state index contributed by atoms with van der Waals surface area (Å²) in [5.41, 5.74) is 5.46. The number of nitrogen functional groups attached to an aromatic ring is 1. The van der Waals surface area contributed by atoms with Gasteiger partial charge in [0.2, 0.25) is 15.8 Å². The lowest BCUT2D eigenvalue weighted by atomic mass is 9.92. The van der Waals surface area contributed by atoms with Gasteiger partial charge in [0, 0.05) is 12.1 Å². The zero-order valence-corrected chi connectivity index (χ0v) is 19.0. The van der Waals surface area contributed by atoms with E-state index in [1.54, 1.807) is 0 Å². The minimum atomic E-state index is -3.29. The third-order valence-electron chi connectivity index (χ3n) is 4.99. The fourth-order valence-corrected chi connectivity index (χ4v) is 6.25. The Morgan fingerprint density at radius 2 is 1.87 bits per heavy atom. The van der Waals surface area contributed by atoms with Crippen molar-refractivity contribution in [1.82, 2.24) is 9.71 Å². The molecule has 2 aromatic rings. The molecule has 1 fully saturated rings. The summed E-state index contributed by atoms with van der Waals surface area (Å²) in [6.07, 6.45) is 2.79. The van der Waals surface area contributed by atoms with Crippen molar-refractivity contribution in [2.45, 2.75) is 51.6 Å². The smallest absolute Gasteiger partial charge is 0.212 e. The molecule has 11 heteroatoms. The molecule has 0 spiro atoms. The molecular formula is C20H26F2N4O3S2. The molecule has 0 aliphatic heterocycles. The highest BCUT2D eigenvalue weighted by Gasteiger charge is 2.27. The number of hydrogen-bond acceptors (Lipinski definition) is 7. The van der Waals surface area contributed by atoms with Gasteiger partial charge in [0.1, 0.15) is 22.3 Å². The molecule has 0 radical (unpaired) electrons. The number of ketones is 1. The topological polar surface area (TPSA) is 114 Å². The number of hydrogen-bond donors (Lipinski definition) is 3. The largest absolute Gasteiger partial charge is 0.382 e. The van der Waals surface area contributed by atoms with Crippen molar-refractivity contribution in [2.75, 3.05) is 16.8 Å². The number of halogens is 2. The van der Waals surface area contributed by atoms with Gasteiger partial charge in [-0.2, -0.15) is 0 Å². The first-order valence-corrected chi connectivity index (χ1v) is 12.5. The lowest BCUT2D eigenvalue weighted by molar-refractivity contribution is 0.103. The first kappa shape index (κ1) is 23.6. The van der Waals surface area contributed by atoms with Gasteiger partial charge in [0.05, 0.1) is 11.3 Å². The van der Waals surface area contributed by atoms with Crippen molar-refractivity contribution >= 4 is 38.1 Å². The maximum absolute atomic E-state index is 13.9. The maximum Gasteiger partial charge on any atom is 0.212 e. The SMILES string of the molecule is CC(C)CS(=O)(=O)NC1CCC(Nc2nc(N)c(C(=O)c3cc(F)ccc3F)s2)CC1. The molecule has 7 nitrogen and oxygen atoms in total. The van der Waals surface area contributed by atoms with E-state index in [-0.39, 0.29) is 34.4 Å². The molecule has 0 amide bonds. The number of nitrogens with one attached hydrogen (secondary N) is 2. The quantitative estimate of drug-likeness (QED) is 0.507. The Hall–Kier alpha value is -2.11. The molecular weight excluding hydrogens is 446 g/mol. The van der Waals surface area contributed by atoms with Gasteiger partial charge in [-0.15, -0.1) is 0 Å². The highest BCUT2D eigenvalue weighted by molar-refractivity contribution is 7.89. The van der Waals surface area contributed by atoms with Gasteiger partial charge in [-0.25, -0.2) is 26.9 Å². The van der Waals surface area contributed by atoms with Crippen LogP contribution in [0.4, 0.5) is 19.7 Å². The zero-order valence-electron chi connectivity index (χ0n) is 17.3. The lowest BCUT2D eigenvalue weighted by Gasteiger charge is -2.29. The van der Waals surface area contributed by atoms with Crippen LogP contribution in [0.1, 0.15) is 54.8 Å². The van der Waals surface area contributed by atoms with Gasteiger partial charge < -0.3 is 11.1 Å². The fourth-order valence-electron chi connectivity index (χ4n) is 3.62. The van der Waals surface area contributed by atoms with Gasteiger partial charge in [-0.05, 0) is 49.8 Å². The van der Waals surface area contributed by atoms with Crippen LogP contribution in [0.25, 0.3) is 0 Å². The van der Waals surface area contributed by atoms with E-state index < -0.39 is 33.0 Å². The molecule has 1 aromatic heterocycles. The molecule has 1 aromatic carbocycles. The van der Waals surface area contributed by atoms with E-state index in [0.29, 0.717) is 18.0 Å². The lowest BCUT2D eigenvalue weighted by Crippen LogP contribution is -2.41. The Morgan fingerprint density at radius 3 is 2.52 bits per heavy atom. The van der Waals surface area contributed by atoms with Gasteiger partial charge in [-0.1, -0.05) is 25.2 Å². The van der Waals surface area contributed by atoms with Crippen LogP contribution in [-0.2, 0) is 10.0 Å². The molecule has 31 heavy (non-hydrogen) atoms. The van der Waals surface area contributed by atoms with Crippen molar-refractivity contribution < 1.29 is 22.0 Å². The summed E-state index contributed by atoms with van der Waals surface area (Å²) in [5, 5.41) is 3.64. The first-order valence-electron chi connectivity index (χ1n) is 10.1. The van der Waals surface area contributed by atoms with Gasteiger partial charge in [0.15, 0.2) is 5.13 Å². The van der Waals surface area contributed by atoms with Gasteiger partial charge in [-0.3, -0.25) is 4.79 Å². The summed E-state index contributed by atoms with van der Waals surface area (Å²) in [7, 11) is -3.29. The van der Waals surface area contributed by atoms with Crippen LogP contribution in [-0.4, -0.2) is 37.0 Å². The average molecular weight is 473 g/mol. The number of nitrogens with zero attached hydrogens (tertiary/aromatic N) is 1. The van der Waals surface area contributed by atoms with Crippen LogP contribution < -0.4 is 15.8 Å². The predicted octanol–water partition coefficient (Wildman–Crippen LogP) is 3.53. The number of thiazole rings is 1. The predicted molar refractivity (Wildman–Crippen MR) is 118 cm³/mol. The second kappa shape index (κ2) is 9.58. The summed E-state index contributed by atoms with van der Waals surface area (Å²) in [4.78, 5) is 16.8. The molecule has 0 unspecified atom stereocenters. The molecule has 0 atom stereocenters. The summed E-state index contributed by atoms with van der Waals surface area (Å²) in [6, 6.07) is 2.62. The number of anilines is 2. The minimum absolute atomic E-state index is 0.0436. The van der Waals surface area contributed by atoms with E-state index in [9.17, 15) is 22.0 Å². The van der Waals surface area contributed by atoms with Crippen LogP contribution in [0.2, 0.25) is 0 Å². The second-order valence-electron chi connectivity index (χ2n) is 8.17. The summed E-state index contributed by atoms with van der Waals surface area (Å²) in [5.74, 6) is -2.14. The van der Waals surface area contributed by atoms with E-state index in [2.05, 4.69) is 15.0 Å². The van der Waals surface area contributed by atoms with Crippen molar-refractivity contribution in [2.24, 2.45) is 5.92 Å². The van der Waals surface area contributed by atoms with Gasteiger partial charge in [0.25, 0.3) is 0 Å². The van der Waals surface area contributed by atoms with Crippen LogP contribution in [0.3, 0.4) is 0 Å². The van der Waals surface area contributed by atoms with Crippen LogP contribution >= 0.6 is 11.3 Å². The standard InChI is InChI=1S/C20H26F2N4O3S2/c1-11(2)10-31(28,29)26-14-6-4-13(5-7-14)24-20-25-19(23)18(30-20)17(27)15-9-12(21)3-8-16(15)22/h3,8-9,11,13-14,26H,4-7,10,23H2,1-2H3,(H,24,25). The molecule has 1 aliphatic carbocycles. The number of benzene rings is 1. The summed E-state index contributed by atoms with van der Waals surface area (Å²) in [6.45, 7) is 3.73. The van der Waals surface area contributed by atoms with Crippen molar-refractivity contribution in [3.05, 3.63) is 40.3 Å². The molecule has 170 valence electrons. The Bertz CT molecular complexity index is 1050. The van der Waals surface area contributed by atoms with E-state index in [1.807, 2.05) is 13.8 Å². The molecule has 4 N–H and O–H groups in total. The van der Waals surface area contributed by atoms with E-state index in [1.165, 1.54) is 0 Å². The molecule has 1 saturated carbocycles. The van der Waals surface area contributed by atoms with Crippen LogP contribution in [0.15, 0.2) is 18.2 Å². The number of carbonyl (C=O) groups excluding carboxylic acids is 1. The Morgan fingerprint density at radius 1 is 1.23 bits per heavy atom. The normalized spacial score (nSPS) is 19.5.